The fourth-order valence-electron chi connectivity index (χ4n) is 3.85. The van der Waals surface area contributed by atoms with Crippen LogP contribution >= 0.6 is 11.3 Å². The highest BCUT2D eigenvalue weighted by Crippen LogP contribution is 2.29. The molecule has 1 atom stereocenters. The van der Waals surface area contributed by atoms with Crippen LogP contribution in [0.2, 0.25) is 0 Å². The number of hydrogen-bond acceptors (Lipinski definition) is 6. The Morgan fingerprint density at radius 3 is 2.43 bits per heavy atom. The third-order valence-electron chi connectivity index (χ3n) is 5.56. The van der Waals surface area contributed by atoms with Gasteiger partial charge in [0.05, 0.1) is 41.1 Å². The zero-order valence-electron chi connectivity index (χ0n) is 21.4. The Morgan fingerprint density at radius 1 is 1.03 bits per heavy atom. The second-order valence-electron chi connectivity index (χ2n) is 9.01. The standard InChI is InChI=1S/C27H29N5O3S2/c1-16(2)37(35)32-14-23(11-19(32)5)26(34)28-13-25(33)31-27-30-24(15-36-27)21-8-6-7-20(12-21)22-9-17(3)29-18(4)10-22/h6-12,14-16H,13H2,1-5H3,(H,28,34)(H,30,31,33). The van der Waals surface area contributed by atoms with Crippen molar-refractivity contribution in [2.75, 3.05) is 11.9 Å². The average molecular weight is 536 g/mol. The molecule has 4 rings (SSSR count). The number of amides is 2. The van der Waals surface area contributed by atoms with Crippen LogP contribution in [0.15, 0.2) is 54.0 Å². The van der Waals surface area contributed by atoms with Crippen molar-refractivity contribution in [1.29, 1.82) is 0 Å². The van der Waals surface area contributed by atoms with E-state index in [1.807, 2.05) is 63.4 Å². The van der Waals surface area contributed by atoms with Gasteiger partial charge >= 0.3 is 0 Å². The lowest BCUT2D eigenvalue weighted by Crippen LogP contribution is -2.32. The zero-order valence-corrected chi connectivity index (χ0v) is 23.0. The highest BCUT2D eigenvalue weighted by molar-refractivity contribution is 7.90. The van der Waals surface area contributed by atoms with E-state index in [1.165, 1.54) is 11.3 Å². The van der Waals surface area contributed by atoms with Gasteiger partial charge in [0.2, 0.25) is 5.91 Å². The molecule has 3 heterocycles. The highest BCUT2D eigenvalue weighted by atomic mass is 32.2. The van der Waals surface area contributed by atoms with Crippen molar-refractivity contribution in [2.24, 2.45) is 0 Å². The van der Waals surface area contributed by atoms with Gasteiger partial charge in [-0.15, -0.1) is 11.3 Å². The molecule has 37 heavy (non-hydrogen) atoms. The summed E-state index contributed by atoms with van der Waals surface area (Å²) in [4.78, 5) is 34.0. The van der Waals surface area contributed by atoms with E-state index in [2.05, 4.69) is 26.7 Å². The van der Waals surface area contributed by atoms with Crippen molar-refractivity contribution < 1.29 is 14.1 Å². The summed E-state index contributed by atoms with van der Waals surface area (Å²) in [5.41, 5.74) is 6.84. The Bertz CT molecular complexity index is 1420. The van der Waals surface area contributed by atoms with E-state index in [4.69, 9.17) is 0 Å². The second kappa shape index (κ2) is 11.3. The van der Waals surface area contributed by atoms with Crippen molar-refractivity contribution in [3.63, 3.8) is 0 Å². The van der Waals surface area contributed by atoms with Gasteiger partial charge < -0.3 is 15.2 Å². The molecule has 2 N–H and O–H groups in total. The lowest BCUT2D eigenvalue weighted by Gasteiger charge is -2.15. The first-order chi connectivity index (χ1) is 17.6. The number of aryl methyl sites for hydroxylation is 3. The number of carbonyl (C=O) groups excluding carboxylic acids is 2. The molecule has 1 unspecified atom stereocenters. The van der Waals surface area contributed by atoms with Gasteiger partial charge in [0.15, 0.2) is 5.13 Å². The van der Waals surface area contributed by atoms with Crippen LogP contribution in [0.4, 0.5) is 5.13 Å². The third kappa shape index (κ3) is 6.46. The highest BCUT2D eigenvalue weighted by Gasteiger charge is 2.20. The molecule has 0 radical (unpaired) electrons. The number of nitrogens with zero attached hydrogens (tertiary/aromatic N) is 3. The summed E-state index contributed by atoms with van der Waals surface area (Å²) in [6.45, 7) is 9.24. The second-order valence-corrected chi connectivity index (χ2v) is 11.8. The monoisotopic (exact) mass is 535 g/mol. The van der Waals surface area contributed by atoms with Crippen LogP contribution < -0.4 is 10.6 Å². The lowest BCUT2D eigenvalue weighted by atomic mass is 10.0. The first kappa shape index (κ1) is 26.6. The number of nitrogens with one attached hydrogen (secondary N) is 2. The summed E-state index contributed by atoms with van der Waals surface area (Å²) < 4.78 is 13.9. The van der Waals surface area contributed by atoms with E-state index in [9.17, 15) is 14.1 Å². The number of pyridine rings is 1. The van der Waals surface area contributed by atoms with E-state index in [0.29, 0.717) is 10.7 Å². The molecule has 0 spiro atoms. The summed E-state index contributed by atoms with van der Waals surface area (Å²) >= 11 is 0.0558. The summed E-state index contributed by atoms with van der Waals surface area (Å²) in [7, 11) is 0. The minimum atomic E-state index is -1.26. The van der Waals surface area contributed by atoms with Gasteiger partial charge in [-0.05, 0) is 70.0 Å². The molecule has 3 aromatic heterocycles. The SMILES string of the molecule is Cc1cc(-c2cccc(-c3csc(NC(=O)CNC(=O)c4cc(C)n([S+]([O-])C(C)C)c4)n3)c2)cc(C)n1. The van der Waals surface area contributed by atoms with E-state index < -0.39 is 17.3 Å². The number of thiazole rings is 1. The van der Waals surface area contributed by atoms with Crippen LogP contribution in [0, 0.1) is 20.8 Å². The number of aromatic nitrogens is 3. The summed E-state index contributed by atoms with van der Waals surface area (Å²) in [6, 6.07) is 13.8. The van der Waals surface area contributed by atoms with Crippen LogP contribution in [0.25, 0.3) is 22.4 Å². The van der Waals surface area contributed by atoms with Crippen molar-refractivity contribution in [2.45, 2.75) is 39.9 Å². The van der Waals surface area contributed by atoms with Crippen LogP contribution in [-0.4, -0.2) is 42.1 Å². The Hall–Kier alpha value is -3.47. The molecular formula is C27H29N5O3S2. The number of rotatable bonds is 8. The van der Waals surface area contributed by atoms with E-state index in [-0.39, 0.29) is 17.7 Å². The van der Waals surface area contributed by atoms with Gasteiger partial charge in [0.25, 0.3) is 5.91 Å². The van der Waals surface area contributed by atoms with Crippen molar-refractivity contribution in [3.8, 4) is 22.4 Å². The Kier molecular flexibility index (Phi) is 8.11. The molecule has 0 aliphatic heterocycles. The predicted molar refractivity (Wildman–Crippen MR) is 149 cm³/mol. The minimum Gasteiger partial charge on any atom is -0.592 e. The molecule has 0 fully saturated rings. The minimum absolute atomic E-state index is 0.0810. The lowest BCUT2D eigenvalue weighted by molar-refractivity contribution is -0.115. The first-order valence-electron chi connectivity index (χ1n) is 11.8. The van der Waals surface area contributed by atoms with Crippen LogP contribution in [-0.2, 0) is 16.2 Å². The molecule has 192 valence electrons. The molecule has 0 aliphatic carbocycles. The van der Waals surface area contributed by atoms with Crippen LogP contribution in [0.5, 0.6) is 0 Å². The maximum absolute atomic E-state index is 12.5. The summed E-state index contributed by atoms with van der Waals surface area (Å²) in [5.74, 6) is -0.788. The zero-order chi connectivity index (χ0) is 26.7. The van der Waals surface area contributed by atoms with Crippen molar-refractivity contribution in [3.05, 3.63) is 76.7 Å². The number of anilines is 1. The molecule has 0 saturated carbocycles. The largest absolute Gasteiger partial charge is 0.592 e. The molecule has 0 bridgehead atoms. The fraction of sp³-hybridized carbons (Fsp3) is 0.259. The molecule has 10 heteroatoms. The summed E-state index contributed by atoms with van der Waals surface area (Å²) in [5, 5.41) is 7.60. The molecule has 0 saturated heterocycles. The summed E-state index contributed by atoms with van der Waals surface area (Å²) in [6.07, 6.45) is 1.55. The van der Waals surface area contributed by atoms with Gasteiger partial charge in [0, 0.05) is 22.3 Å². The van der Waals surface area contributed by atoms with E-state index >= 15 is 0 Å². The Balaban J connectivity index is 1.37. The molecule has 0 aliphatic rings. The molecule has 1 aromatic carbocycles. The van der Waals surface area contributed by atoms with Gasteiger partial charge in [-0.3, -0.25) is 14.6 Å². The molecular weight excluding hydrogens is 506 g/mol. The van der Waals surface area contributed by atoms with E-state index in [0.717, 1.165) is 39.5 Å². The molecule has 4 aromatic rings. The molecule has 2 amide bonds. The van der Waals surface area contributed by atoms with Gasteiger partial charge in [0.1, 0.15) is 5.25 Å². The molecule has 8 nitrogen and oxygen atoms in total. The average Bonchev–Trinajstić information content (AvgIpc) is 3.48. The van der Waals surface area contributed by atoms with Gasteiger partial charge in [-0.25, -0.2) is 4.98 Å². The smallest absolute Gasteiger partial charge is 0.253 e. The van der Waals surface area contributed by atoms with Gasteiger partial charge in [-0.1, -0.05) is 18.2 Å². The Labute approximate surface area is 223 Å². The number of hydrogen-bond donors (Lipinski definition) is 2. The maximum Gasteiger partial charge on any atom is 0.253 e. The fourth-order valence-corrected chi connectivity index (χ4v) is 5.59. The van der Waals surface area contributed by atoms with Crippen molar-refractivity contribution in [1.82, 2.24) is 19.3 Å². The number of benzene rings is 1. The predicted octanol–water partition coefficient (Wildman–Crippen LogP) is 4.89. The van der Waals surface area contributed by atoms with Crippen LogP contribution in [0.3, 0.4) is 0 Å². The Morgan fingerprint density at radius 2 is 1.73 bits per heavy atom. The van der Waals surface area contributed by atoms with Crippen LogP contribution in [0.1, 0.15) is 41.3 Å². The van der Waals surface area contributed by atoms with Crippen molar-refractivity contribution >= 4 is 39.6 Å². The number of carbonyl (C=O) groups is 2. The van der Waals surface area contributed by atoms with Gasteiger partial charge in [-0.2, -0.15) is 3.97 Å². The quantitative estimate of drug-likeness (QED) is 0.312. The van der Waals surface area contributed by atoms with E-state index in [1.54, 1.807) is 23.2 Å². The normalized spacial score (nSPS) is 12.0. The maximum atomic E-state index is 12.5. The first-order valence-corrected chi connectivity index (χ1v) is 13.9. The topological polar surface area (TPSA) is 112 Å². The third-order valence-corrected chi connectivity index (χ3v) is 7.91.